The Bertz CT molecular complexity index is 1130. The Balaban J connectivity index is 1.43. The number of fused-ring (bicyclic) bond motifs is 1. The van der Waals surface area contributed by atoms with E-state index in [1.54, 1.807) is 12.3 Å². The molecule has 0 atom stereocenters. The molecule has 1 aliphatic heterocycles. The summed E-state index contributed by atoms with van der Waals surface area (Å²) in [6.07, 6.45) is -2.28. The Morgan fingerprint density at radius 3 is 2.62 bits per heavy atom. The minimum Gasteiger partial charge on any atom is -0.350 e. The van der Waals surface area contributed by atoms with Crippen molar-refractivity contribution >= 4 is 11.8 Å². The number of hydrogen-bond donors (Lipinski definition) is 1. The quantitative estimate of drug-likeness (QED) is 0.635. The van der Waals surface area contributed by atoms with E-state index in [-0.39, 0.29) is 36.6 Å². The van der Waals surface area contributed by atoms with Gasteiger partial charge in [0.25, 0.3) is 11.8 Å². The van der Waals surface area contributed by atoms with Gasteiger partial charge in [-0.05, 0) is 23.8 Å². The van der Waals surface area contributed by atoms with Crippen molar-refractivity contribution in [1.82, 2.24) is 25.0 Å². The van der Waals surface area contributed by atoms with Crippen molar-refractivity contribution in [3.8, 4) is 0 Å². The van der Waals surface area contributed by atoms with Crippen LogP contribution in [-0.2, 0) is 25.7 Å². The number of amides is 2. The molecule has 32 heavy (non-hydrogen) atoms. The van der Waals surface area contributed by atoms with Crippen molar-refractivity contribution in [3.63, 3.8) is 0 Å². The number of carbonyl (C=O) groups excluding carboxylic acids is 2. The topological polar surface area (TPSA) is 80.1 Å². The summed E-state index contributed by atoms with van der Waals surface area (Å²) in [6, 6.07) is 12.1. The van der Waals surface area contributed by atoms with Gasteiger partial charge in [-0.3, -0.25) is 19.3 Å². The normalized spacial score (nSPS) is 13.7. The SMILES string of the molecule is O=C(NCCc1ccccn1)c1cc2n(n1)CCN(Cc1ccccc1C(F)(F)F)C2=O. The molecule has 1 aromatic carbocycles. The first kappa shape index (κ1) is 21.5. The fourth-order valence-corrected chi connectivity index (χ4v) is 3.58. The first-order valence-electron chi connectivity index (χ1n) is 10.0. The first-order valence-corrected chi connectivity index (χ1v) is 10.0. The summed E-state index contributed by atoms with van der Waals surface area (Å²) in [7, 11) is 0. The number of alkyl halides is 3. The molecule has 4 rings (SSSR count). The third kappa shape index (κ3) is 4.63. The number of carbonyl (C=O) groups is 2. The summed E-state index contributed by atoms with van der Waals surface area (Å²) in [5.74, 6) is -0.891. The van der Waals surface area contributed by atoms with Gasteiger partial charge in [-0.1, -0.05) is 24.3 Å². The molecule has 2 amide bonds. The van der Waals surface area contributed by atoms with Crippen LogP contribution in [0.5, 0.6) is 0 Å². The Morgan fingerprint density at radius 2 is 1.88 bits per heavy atom. The van der Waals surface area contributed by atoms with Crippen molar-refractivity contribution < 1.29 is 22.8 Å². The van der Waals surface area contributed by atoms with Crippen LogP contribution in [0.2, 0.25) is 0 Å². The number of hydrogen-bond acceptors (Lipinski definition) is 4. The zero-order valence-corrected chi connectivity index (χ0v) is 17.0. The smallest absolute Gasteiger partial charge is 0.350 e. The van der Waals surface area contributed by atoms with E-state index < -0.39 is 23.6 Å². The van der Waals surface area contributed by atoms with Crippen LogP contribution in [0.3, 0.4) is 0 Å². The summed E-state index contributed by atoms with van der Waals surface area (Å²) in [6.45, 7) is 0.661. The molecule has 0 radical (unpaired) electrons. The molecule has 1 N–H and O–H groups in total. The molecule has 0 fully saturated rings. The number of pyridine rings is 1. The molecule has 0 spiro atoms. The summed E-state index contributed by atoms with van der Waals surface area (Å²) in [4.78, 5) is 30.8. The van der Waals surface area contributed by atoms with Crippen LogP contribution in [0.25, 0.3) is 0 Å². The van der Waals surface area contributed by atoms with Crippen LogP contribution in [-0.4, -0.2) is 44.6 Å². The number of nitrogens with one attached hydrogen (secondary N) is 1. The Morgan fingerprint density at radius 1 is 1.09 bits per heavy atom. The summed E-state index contributed by atoms with van der Waals surface area (Å²) in [5.41, 5.74) is 0.359. The van der Waals surface area contributed by atoms with Crippen LogP contribution >= 0.6 is 0 Å². The van der Waals surface area contributed by atoms with Gasteiger partial charge in [-0.15, -0.1) is 0 Å². The minimum atomic E-state index is -4.50. The van der Waals surface area contributed by atoms with Gasteiger partial charge in [0.05, 0.1) is 12.1 Å². The maximum atomic E-state index is 13.3. The summed E-state index contributed by atoms with van der Waals surface area (Å²) < 4.78 is 41.2. The fraction of sp³-hybridized carbons (Fsp3) is 0.273. The molecule has 7 nitrogen and oxygen atoms in total. The van der Waals surface area contributed by atoms with E-state index in [0.29, 0.717) is 13.0 Å². The van der Waals surface area contributed by atoms with Gasteiger partial charge in [-0.25, -0.2) is 0 Å². The molecule has 166 valence electrons. The molecule has 0 unspecified atom stereocenters. The highest BCUT2D eigenvalue weighted by atomic mass is 19.4. The molecule has 0 saturated heterocycles. The number of aromatic nitrogens is 3. The van der Waals surface area contributed by atoms with Crippen LogP contribution < -0.4 is 5.32 Å². The average molecular weight is 443 g/mol. The number of rotatable bonds is 6. The summed E-state index contributed by atoms with van der Waals surface area (Å²) in [5, 5.41) is 6.93. The van der Waals surface area contributed by atoms with E-state index >= 15 is 0 Å². The highest BCUT2D eigenvalue weighted by molar-refractivity contribution is 5.98. The molecular formula is C22H20F3N5O2. The predicted octanol–water partition coefficient (Wildman–Crippen LogP) is 2.93. The van der Waals surface area contributed by atoms with Crippen molar-refractivity contribution in [2.24, 2.45) is 0 Å². The van der Waals surface area contributed by atoms with E-state index in [1.807, 2.05) is 12.1 Å². The lowest BCUT2D eigenvalue weighted by Crippen LogP contribution is -2.40. The highest BCUT2D eigenvalue weighted by Crippen LogP contribution is 2.32. The molecule has 0 saturated carbocycles. The number of halogens is 3. The summed E-state index contributed by atoms with van der Waals surface area (Å²) >= 11 is 0. The fourth-order valence-electron chi connectivity index (χ4n) is 3.58. The zero-order chi connectivity index (χ0) is 22.7. The van der Waals surface area contributed by atoms with Crippen molar-refractivity contribution in [3.05, 3.63) is 82.9 Å². The van der Waals surface area contributed by atoms with Gasteiger partial charge in [-0.2, -0.15) is 18.3 Å². The second-order valence-corrected chi connectivity index (χ2v) is 7.35. The van der Waals surface area contributed by atoms with Gasteiger partial charge in [0.2, 0.25) is 0 Å². The lowest BCUT2D eigenvalue weighted by Gasteiger charge is -2.28. The Kier molecular flexibility index (Phi) is 5.93. The molecule has 10 heteroatoms. The monoisotopic (exact) mass is 443 g/mol. The van der Waals surface area contributed by atoms with Crippen molar-refractivity contribution in [2.75, 3.05) is 13.1 Å². The molecular weight excluding hydrogens is 423 g/mol. The Hall–Kier alpha value is -3.69. The third-order valence-electron chi connectivity index (χ3n) is 5.18. The molecule has 0 aliphatic carbocycles. The zero-order valence-electron chi connectivity index (χ0n) is 17.0. The second-order valence-electron chi connectivity index (χ2n) is 7.35. The maximum Gasteiger partial charge on any atom is 0.416 e. The predicted molar refractivity (Wildman–Crippen MR) is 109 cm³/mol. The number of nitrogens with zero attached hydrogens (tertiary/aromatic N) is 4. The lowest BCUT2D eigenvalue weighted by atomic mass is 10.1. The average Bonchev–Trinajstić information content (AvgIpc) is 3.21. The largest absolute Gasteiger partial charge is 0.416 e. The lowest BCUT2D eigenvalue weighted by molar-refractivity contribution is -0.138. The minimum absolute atomic E-state index is 0.0220. The molecule has 1 aliphatic rings. The molecule has 3 heterocycles. The van der Waals surface area contributed by atoms with E-state index in [4.69, 9.17) is 0 Å². The molecule has 3 aromatic rings. The molecule has 2 aromatic heterocycles. The number of benzene rings is 1. The third-order valence-corrected chi connectivity index (χ3v) is 5.18. The van der Waals surface area contributed by atoms with E-state index in [9.17, 15) is 22.8 Å². The molecule has 0 bridgehead atoms. The maximum absolute atomic E-state index is 13.3. The second kappa shape index (κ2) is 8.81. The van der Waals surface area contributed by atoms with Crippen LogP contribution in [0.4, 0.5) is 13.2 Å². The van der Waals surface area contributed by atoms with Crippen LogP contribution in [0, 0.1) is 0 Å². The van der Waals surface area contributed by atoms with Crippen molar-refractivity contribution in [1.29, 1.82) is 0 Å². The van der Waals surface area contributed by atoms with Gasteiger partial charge in [0, 0.05) is 44.0 Å². The van der Waals surface area contributed by atoms with Gasteiger partial charge >= 0.3 is 6.18 Å². The van der Waals surface area contributed by atoms with Crippen molar-refractivity contribution in [2.45, 2.75) is 25.7 Å². The first-order chi connectivity index (χ1) is 15.3. The van der Waals surface area contributed by atoms with E-state index in [0.717, 1.165) is 11.8 Å². The van der Waals surface area contributed by atoms with E-state index in [1.165, 1.54) is 33.8 Å². The van der Waals surface area contributed by atoms with E-state index in [2.05, 4.69) is 15.4 Å². The van der Waals surface area contributed by atoms with Gasteiger partial charge in [0.15, 0.2) is 5.69 Å². The van der Waals surface area contributed by atoms with Crippen LogP contribution in [0.15, 0.2) is 54.7 Å². The standard InChI is InChI=1S/C22H20F3N5O2/c23-22(24,25)17-7-2-1-5-15(17)14-29-11-12-30-19(21(29)32)13-18(28-30)20(31)27-10-8-16-6-3-4-9-26-16/h1-7,9,13H,8,10-12,14H2,(H,27,31). The van der Waals surface area contributed by atoms with Crippen LogP contribution in [0.1, 0.15) is 37.8 Å². The highest BCUT2D eigenvalue weighted by Gasteiger charge is 2.35. The van der Waals surface area contributed by atoms with Gasteiger partial charge < -0.3 is 10.2 Å². The Labute approximate surface area is 181 Å². The van der Waals surface area contributed by atoms with Gasteiger partial charge in [0.1, 0.15) is 5.69 Å².